The lowest BCUT2D eigenvalue weighted by molar-refractivity contribution is -0.122. The number of carbonyl (C=O) groups is 3. The summed E-state index contributed by atoms with van der Waals surface area (Å²) in [4.78, 5) is 33.2. The third-order valence-electron chi connectivity index (χ3n) is 3.35. The largest absolute Gasteiger partial charge is 0.497 e. The normalized spacial score (nSPS) is 9.96. The Bertz CT molecular complexity index is 500. The van der Waals surface area contributed by atoms with Gasteiger partial charge in [-0.1, -0.05) is 12.8 Å². The van der Waals surface area contributed by atoms with Crippen LogP contribution in [0.1, 0.15) is 42.5 Å². The summed E-state index contributed by atoms with van der Waals surface area (Å²) in [6, 6.07) is 6.97. The molecule has 1 aromatic carbocycles. The molecule has 0 bridgehead atoms. The number of amides is 2. The second kappa shape index (κ2) is 11.2. The molecule has 0 aromatic heterocycles. The van der Waals surface area contributed by atoms with Gasteiger partial charge in [0.1, 0.15) is 12.0 Å². The van der Waals surface area contributed by atoms with E-state index >= 15 is 0 Å². The van der Waals surface area contributed by atoms with Crippen LogP contribution < -0.4 is 15.4 Å². The Morgan fingerprint density at radius 2 is 1.74 bits per heavy atom. The summed E-state index contributed by atoms with van der Waals surface area (Å²) in [5, 5.41) is 5.37. The van der Waals surface area contributed by atoms with Crippen molar-refractivity contribution in [1.29, 1.82) is 0 Å². The topological polar surface area (TPSA) is 84.5 Å². The average molecular weight is 320 g/mol. The summed E-state index contributed by atoms with van der Waals surface area (Å²) < 4.78 is 5.05. The molecule has 0 saturated heterocycles. The van der Waals surface area contributed by atoms with E-state index in [2.05, 4.69) is 10.6 Å². The Hall–Kier alpha value is -2.37. The number of carbonyl (C=O) groups excluding carboxylic acids is 3. The molecule has 0 aliphatic carbocycles. The molecule has 0 aliphatic heterocycles. The van der Waals surface area contributed by atoms with Gasteiger partial charge in [0.2, 0.25) is 5.91 Å². The van der Waals surface area contributed by atoms with Crippen LogP contribution in [0.4, 0.5) is 0 Å². The molecule has 0 saturated carbocycles. The van der Waals surface area contributed by atoms with Gasteiger partial charge in [0.25, 0.3) is 5.91 Å². The second-order valence-electron chi connectivity index (χ2n) is 5.12. The number of nitrogens with one attached hydrogen (secondary N) is 2. The highest BCUT2D eigenvalue weighted by Crippen LogP contribution is 2.11. The lowest BCUT2D eigenvalue weighted by atomic mass is 10.1. The van der Waals surface area contributed by atoms with Crippen molar-refractivity contribution in [2.75, 3.05) is 20.2 Å². The number of unbranched alkanes of at least 4 members (excludes halogenated alkanes) is 3. The van der Waals surface area contributed by atoms with Crippen molar-refractivity contribution >= 4 is 18.1 Å². The lowest BCUT2D eigenvalue weighted by Gasteiger charge is -2.06. The van der Waals surface area contributed by atoms with Crippen LogP contribution in [0, 0.1) is 0 Å². The molecule has 23 heavy (non-hydrogen) atoms. The van der Waals surface area contributed by atoms with E-state index in [1.54, 1.807) is 31.4 Å². The number of ether oxygens (including phenoxy) is 1. The highest BCUT2D eigenvalue weighted by atomic mass is 16.5. The van der Waals surface area contributed by atoms with Crippen LogP contribution in [0.15, 0.2) is 24.3 Å². The molecule has 6 heteroatoms. The van der Waals surface area contributed by atoms with E-state index in [0.717, 1.165) is 31.4 Å². The minimum Gasteiger partial charge on any atom is -0.497 e. The van der Waals surface area contributed by atoms with Gasteiger partial charge < -0.3 is 20.2 Å². The first-order chi connectivity index (χ1) is 11.2. The van der Waals surface area contributed by atoms with E-state index in [1.807, 2.05) is 0 Å². The van der Waals surface area contributed by atoms with Crippen molar-refractivity contribution < 1.29 is 19.1 Å². The van der Waals surface area contributed by atoms with Gasteiger partial charge in [0.15, 0.2) is 0 Å². The van der Waals surface area contributed by atoms with Crippen molar-refractivity contribution in [2.45, 2.75) is 32.1 Å². The molecule has 1 aromatic rings. The zero-order valence-corrected chi connectivity index (χ0v) is 13.5. The number of benzene rings is 1. The first-order valence-electron chi connectivity index (χ1n) is 7.80. The predicted octanol–water partition coefficient (Wildman–Crippen LogP) is 1.69. The van der Waals surface area contributed by atoms with Gasteiger partial charge in [-0.05, 0) is 37.1 Å². The van der Waals surface area contributed by atoms with E-state index in [0.29, 0.717) is 24.8 Å². The molecule has 0 heterocycles. The van der Waals surface area contributed by atoms with Crippen molar-refractivity contribution in [1.82, 2.24) is 10.6 Å². The smallest absolute Gasteiger partial charge is 0.251 e. The van der Waals surface area contributed by atoms with Crippen LogP contribution in [0.3, 0.4) is 0 Å². The molecule has 0 radical (unpaired) electrons. The molecule has 2 amide bonds. The fourth-order valence-corrected chi connectivity index (χ4v) is 2.05. The van der Waals surface area contributed by atoms with Crippen LogP contribution >= 0.6 is 0 Å². The predicted molar refractivity (Wildman–Crippen MR) is 87.5 cm³/mol. The summed E-state index contributed by atoms with van der Waals surface area (Å²) in [7, 11) is 1.58. The van der Waals surface area contributed by atoms with Crippen LogP contribution in [0.25, 0.3) is 0 Å². The first-order valence-corrected chi connectivity index (χ1v) is 7.80. The third-order valence-corrected chi connectivity index (χ3v) is 3.35. The minimum atomic E-state index is -0.0964. The maximum absolute atomic E-state index is 11.9. The Morgan fingerprint density at radius 3 is 2.39 bits per heavy atom. The van der Waals surface area contributed by atoms with Crippen LogP contribution in [0.5, 0.6) is 5.75 Å². The van der Waals surface area contributed by atoms with Gasteiger partial charge in [0, 0.05) is 18.5 Å². The molecule has 0 spiro atoms. The van der Waals surface area contributed by atoms with E-state index in [-0.39, 0.29) is 18.4 Å². The highest BCUT2D eigenvalue weighted by Gasteiger charge is 2.04. The fraction of sp³-hybridized carbons (Fsp3) is 0.471. The van der Waals surface area contributed by atoms with E-state index in [4.69, 9.17) is 4.74 Å². The Kier molecular flexibility index (Phi) is 9.12. The molecular weight excluding hydrogens is 296 g/mol. The maximum atomic E-state index is 11.9. The summed E-state index contributed by atoms with van der Waals surface area (Å²) in [5.41, 5.74) is 0.609. The van der Waals surface area contributed by atoms with Crippen molar-refractivity contribution in [3.63, 3.8) is 0 Å². The first kappa shape index (κ1) is 18.7. The summed E-state index contributed by atoms with van der Waals surface area (Å²) in [6.45, 7) is 0.693. The van der Waals surface area contributed by atoms with Gasteiger partial charge >= 0.3 is 0 Å². The lowest BCUT2D eigenvalue weighted by Crippen LogP contribution is -2.25. The minimum absolute atomic E-state index is 0.0796. The number of aldehydes is 1. The zero-order valence-electron chi connectivity index (χ0n) is 13.5. The molecular formula is C17H24N2O4. The van der Waals surface area contributed by atoms with Crippen LogP contribution in [0.2, 0.25) is 0 Å². The summed E-state index contributed by atoms with van der Waals surface area (Å²) >= 11 is 0. The fourth-order valence-electron chi connectivity index (χ4n) is 2.05. The van der Waals surface area contributed by atoms with E-state index in [1.165, 1.54) is 0 Å². The molecule has 0 atom stereocenters. The number of rotatable bonds is 11. The standard InChI is InChI=1S/C17H24N2O4/c1-23-15-9-7-14(8-10-15)17(22)19-11-5-3-2-4-6-16(21)18-12-13-20/h7-10,13H,2-6,11-12H2,1H3,(H,18,21)(H,19,22). The quantitative estimate of drug-likeness (QED) is 0.480. The van der Waals surface area contributed by atoms with Crippen molar-refractivity contribution in [3.8, 4) is 5.75 Å². The third kappa shape index (κ3) is 7.99. The molecule has 1 rings (SSSR count). The summed E-state index contributed by atoms with van der Waals surface area (Å²) in [6.07, 6.45) is 4.64. The Labute approximate surface area is 136 Å². The molecule has 2 N–H and O–H groups in total. The number of methoxy groups -OCH3 is 1. The Morgan fingerprint density at radius 1 is 1.04 bits per heavy atom. The van der Waals surface area contributed by atoms with Gasteiger partial charge in [0.05, 0.1) is 13.7 Å². The maximum Gasteiger partial charge on any atom is 0.251 e. The highest BCUT2D eigenvalue weighted by molar-refractivity contribution is 5.94. The zero-order chi connectivity index (χ0) is 16.9. The van der Waals surface area contributed by atoms with E-state index in [9.17, 15) is 14.4 Å². The van der Waals surface area contributed by atoms with Gasteiger partial charge in [-0.25, -0.2) is 0 Å². The van der Waals surface area contributed by atoms with Crippen molar-refractivity contribution in [3.05, 3.63) is 29.8 Å². The van der Waals surface area contributed by atoms with Crippen LogP contribution in [-0.4, -0.2) is 38.3 Å². The number of hydrogen-bond donors (Lipinski definition) is 2. The van der Waals surface area contributed by atoms with Crippen LogP contribution in [-0.2, 0) is 9.59 Å². The molecule has 0 fully saturated rings. The van der Waals surface area contributed by atoms with Gasteiger partial charge in [-0.2, -0.15) is 0 Å². The van der Waals surface area contributed by atoms with Gasteiger partial charge in [-0.3, -0.25) is 9.59 Å². The SMILES string of the molecule is COc1ccc(C(=O)NCCCCCCC(=O)NCC=O)cc1. The average Bonchev–Trinajstić information content (AvgIpc) is 2.58. The van der Waals surface area contributed by atoms with E-state index < -0.39 is 0 Å². The second-order valence-corrected chi connectivity index (χ2v) is 5.12. The molecule has 0 aliphatic rings. The monoisotopic (exact) mass is 320 g/mol. The molecule has 6 nitrogen and oxygen atoms in total. The van der Waals surface area contributed by atoms with Crippen molar-refractivity contribution in [2.24, 2.45) is 0 Å². The van der Waals surface area contributed by atoms with Gasteiger partial charge in [-0.15, -0.1) is 0 Å². The molecule has 126 valence electrons. The Balaban J connectivity index is 2.07. The summed E-state index contributed by atoms with van der Waals surface area (Å²) in [5.74, 6) is 0.532. The number of hydrogen-bond acceptors (Lipinski definition) is 4. The molecule has 0 unspecified atom stereocenters.